The molecule has 0 radical (unpaired) electrons. The van der Waals surface area contributed by atoms with Gasteiger partial charge in [-0.2, -0.15) is 0 Å². The molecule has 0 aliphatic carbocycles. The quantitative estimate of drug-likeness (QED) is 0.381. The maximum absolute atomic E-state index is 5.14. The third-order valence-electron chi connectivity index (χ3n) is 0.877. The minimum absolute atomic E-state index is 0.633. The van der Waals surface area contributed by atoms with Crippen molar-refractivity contribution in [1.82, 2.24) is 0 Å². The van der Waals surface area contributed by atoms with Crippen LogP contribution in [0.25, 0.3) is 0 Å². The van der Waals surface area contributed by atoms with Crippen molar-refractivity contribution in [3.05, 3.63) is 0 Å². The fraction of sp³-hybridized carbons (Fsp3) is 1.00. The van der Waals surface area contributed by atoms with Gasteiger partial charge in [0.05, 0.1) is 13.2 Å². The number of rotatable bonds is 5. The molecule has 3 nitrogen and oxygen atoms in total. The van der Waals surface area contributed by atoms with E-state index in [0.29, 0.717) is 13.2 Å². The van der Waals surface area contributed by atoms with Gasteiger partial charge in [0.2, 0.25) is 0 Å². The zero-order valence-electron chi connectivity index (χ0n) is 7.93. The Morgan fingerprint density at radius 3 is 1.55 bits per heavy atom. The molecule has 0 spiro atoms. The Labute approximate surface area is 69.8 Å². The molecule has 0 atom stereocenters. The summed E-state index contributed by atoms with van der Waals surface area (Å²) in [5, 5.41) is 0. The lowest BCUT2D eigenvalue weighted by molar-refractivity contribution is -0.287. The summed E-state index contributed by atoms with van der Waals surface area (Å²) < 4.78 is 0. The average molecular weight is 163 g/mol. The second-order valence-corrected chi connectivity index (χ2v) is 1.96. The van der Waals surface area contributed by atoms with E-state index in [2.05, 4.69) is 16.7 Å². The Bertz CT molecular complexity index is 45.4. The third kappa shape index (κ3) is 25.8. The first-order valence-electron chi connectivity index (χ1n) is 4.27. The van der Waals surface area contributed by atoms with Crippen molar-refractivity contribution in [3.63, 3.8) is 0 Å². The van der Waals surface area contributed by atoms with Crippen LogP contribution in [-0.2, 0) is 9.78 Å². The van der Waals surface area contributed by atoms with E-state index in [-0.39, 0.29) is 0 Å². The fourth-order valence-electron chi connectivity index (χ4n) is 0.371. The van der Waals surface area contributed by atoms with Crippen LogP contribution in [0.4, 0.5) is 0 Å². The Morgan fingerprint density at radius 2 is 1.45 bits per heavy atom. The van der Waals surface area contributed by atoms with Gasteiger partial charge in [-0.15, -0.1) is 0 Å². The van der Waals surface area contributed by atoms with Crippen molar-refractivity contribution in [2.24, 2.45) is 5.73 Å². The molecule has 0 heterocycles. The molecule has 0 saturated heterocycles. The fourth-order valence-corrected chi connectivity index (χ4v) is 0.371. The van der Waals surface area contributed by atoms with E-state index in [0.717, 1.165) is 6.54 Å². The number of hydrogen-bond donors (Lipinski definition) is 1. The summed E-state index contributed by atoms with van der Waals surface area (Å²) in [5.74, 6) is 0. The Hall–Kier alpha value is -0.120. The largest absolute Gasteiger partial charge is 0.330 e. The number of nitrogens with two attached hydrogens (primary N) is 1. The average Bonchev–Trinajstić information content (AvgIpc) is 2.04. The molecule has 0 aromatic carbocycles. The molecule has 70 valence electrons. The molecule has 0 saturated carbocycles. The lowest BCUT2D eigenvalue weighted by atomic mass is 10.3. The van der Waals surface area contributed by atoms with E-state index in [1.165, 1.54) is 12.8 Å². The Kier molecular flexibility index (Phi) is 20.2. The summed E-state index contributed by atoms with van der Waals surface area (Å²) in [6.45, 7) is 8.01. The highest BCUT2D eigenvalue weighted by Gasteiger charge is 1.71. The summed E-state index contributed by atoms with van der Waals surface area (Å²) in [5.41, 5.74) is 5.14. The van der Waals surface area contributed by atoms with Gasteiger partial charge in [0.1, 0.15) is 0 Å². The molecule has 0 bridgehead atoms. The number of unbranched alkanes of at least 4 members (excludes halogenated alkanes) is 1. The molecular formula is C8H21NO2. The van der Waals surface area contributed by atoms with E-state index >= 15 is 0 Å². The molecular weight excluding hydrogens is 142 g/mol. The smallest absolute Gasteiger partial charge is 0.0794 e. The SMILES string of the molecule is CCCCN.CCOOCC. The van der Waals surface area contributed by atoms with Gasteiger partial charge in [-0.1, -0.05) is 13.3 Å². The molecule has 0 rings (SSSR count). The van der Waals surface area contributed by atoms with Gasteiger partial charge in [-0.05, 0) is 26.8 Å². The zero-order chi connectivity index (χ0) is 8.95. The van der Waals surface area contributed by atoms with Crippen LogP contribution in [0.1, 0.15) is 33.6 Å². The van der Waals surface area contributed by atoms with E-state index in [1.54, 1.807) is 0 Å². The zero-order valence-corrected chi connectivity index (χ0v) is 7.93. The normalized spacial score (nSPS) is 8.73. The van der Waals surface area contributed by atoms with Gasteiger partial charge in [0.25, 0.3) is 0 Å². The van der Waals surface area contributed by atoms with E-state index in [1.807, 2.05) is 13.8 Å². The maximum atomic E-state index is 5.14. The van der Waals surface area contributed by atoms with Crippen LogP contribution in [0, 0.1) is 0 Å². The van der Waals surface area contributed by atoms with Crippen LogP contribution in [0.3, 0.4) is 0 Å². The van der Waals surface area contributed by atoms with Crippen LogP contribution < -0.4 is 5.73 Å². The summed E-state index contributed by atoms with van der Waals surface area (Å²) in [4.78, 5) is 8.97. The van der Waals surface area contributed by atoms with Crippen LogP contribution in [0.5, 0.6) is 0 Å². The topological polar surface area (TPSA) is 44.5 Å². The van der Waals surface area contributed by atoms with Gasteiger partial charge in [0, 0.05) is 0 Å². The molecule has 0 amide bonds. The molecule has 0 aliphatic heterocycles. The predicted octanol–water partition coefficient (Wildman–Crippen LogP) is 1.72. The van der Waals surface area contributed by atoms with E-state index in [9.17, 15) is 0 Å². The summed E-state index contributed by atoms with van der Waals surface area (Å²) in [6.07, 6.45) is 2.39. The number of hydrogen-bond acceptors (Lipinski definition) is 3. The molecule has 0 unspecified atom stereocenters. The summed E-state index contributed by atoms with van der Waals surface area (Å²) >= 11 is 0. The van der Waals surface area contributed by atoms with E-state index < -0.39 is 0 Å². The second kappa shape index (κ2) is 16.5. The first-order valence-corrected chi connectivity index (χ1v) is 4.27. The summed E-state index contributed by atoms with van der Waals surface area (Å²) in [6, 6.07) is 0. The van der Waals surface area contributed by atoms with Gasteiger partial charge in [-0.3, -0.25) is 0 Å². The van der Waals surface area contributed by atoms with Crippen molar-refractivity contribution < 1.29 is 9.78 Å². The standard InChI is InChI=1S/C4H11N.C4H10O2/c1-2-3-4-5;1-3-5-6-4-2/h2-5H2,1H3;3-4H2,1-2H3. The van der Waals surface area contributed by atoms with Crippen LogP contribution in [0.2, 0.25) is 0 Å². The third-order valence-corrected chi connectivity index (χ3v) is 0.877. The van der Waals surface area contributed by atoms with Crippen molar-refractivity contribution in [3.8, 4) is 0 Å². The minimum Gasteiger partial charge on any atom is -0.330 e. The van der Waals surface area contributed by atoms with Gasteiger partial charge < -0.3 is 5.73 Å². The van der Waals surface area contributed by atoms with Gasteiger partial charge in [0.15, 0.2) is 0 Å². The van der Waals surface area contributed by atoms with Crippen molar-refractivity contribution in [2.45, 2.75) is 33.6 Å². The highest BCUT2D eigenvalue weighted by atomic mass is 17.2. The van der Waals surface area contributed by atoms with Crippen molar-refractivity contribution in [2.75, 3.05) is 19.8 Å². The van der Waals surface area contributed by atoms with Crippen molar-refractivity contribution in [1.29, 1.82) is 0 Å². The van der Waals surface area contributed by atoms with Gasteiger partial charge >= 0.3 is 0 Å². The molecule has 2 N–H and O–H groups in total. The maximum Gasteiger partial charge on any atom is 0.0794 e. The summed E-state index contributed by atoms with van der Waals surface area (Å²) in [7, 11) is 0. The lowest BCUT2D eigenvalue weighted by Gasteiger charge is -1.92. The monoisotopic (exact) mass is 163 g/mol. The molecule has 0 aromatic rings. The molecule has 11 heavy (non-hydrogen) atoms. The molecule has 0 aliphatic rings. The minimum atomic E-state index is 0.633. The molecule has 3 heteroatoms. The Morgan fingerprint density at radius 1 is 1.00 bits per heavy atom. The first kappa shape index (κ1) is 13.5. The second-order valence-electron chi connectivity index (χ2n) is 1.96. The van der Waals surface area contributed by atoms with Crippen LogP contribution in [0.15, 0.2) is 0 Å². The van der Waals surface area contributed by atoms with Gasteiger partial charge in [-0.25, -0.2) is 9.78 Å². The van der Waals surface area contributed by atoms with Crippen molar-refractivity contribution >= 4 is 0 Å². The highest BCUT2D eigenvalue weighted by Crippen LogP contribution is 1.77. The highest BCUT2D eigenvalue weighted by molar-refractivity contribution is 4.29. The first-order chi connectivity index (χ1) is 5.33. The lowest BCUT2D eigenvalue weighted by Crippen LogP contribution is -1.95. The molecule has 0 fully saturated rings. The van der Waals surface area contributed by atoms with Crippen LogP contribution >= 0.6 is 0 Å². The molecule has 0 aromatic heterocycles. The predicted molar refractivity (Wildman–Crippen MR) is 47.2 cm³/mol. The van der Waals surface area contributed by atoms with Crippen LogP contribution in [-0.4, -0.2) is 19.8 Å². The Balaban J connectivity index is 0. The van der Waals surface area contributed by atoms with E-state index in [4.69, 9.17) is 5.73 Å².